The minimum atomic E-state index is 0.0366. The van der Waals surface area contributed by atoms with Gasteiger partial charge >= 0.3 is 0 Å². The number of piperidine rings is 1. The molecule has 1 aromatic rings. The van der Waals surface area contributed by atoms with Gasteiger partial charge in [-0.25, -0.2) is 0 Å². The normalized spacial score (nSPS) is 18.1. The van der Waals surface area contributed by atoms with Crippen molar-refractivity contribution in [2.45, 2.75) is 26.2 Å². The van der Waals surface area contributed by atoms with Gasteiger partial charge in [0.2, 0.25) is 0 Å². The number of carbonyl (C=O) groups is 1. The summed E-state index contributed by atoms with van der Waals surface area (Å²) in [6.07, 6.45) is 5.03. The summed E-state index contributed by atoms with van der Waals surface area (Å²) in [6.45, 7) is 3.96. The zero-order chi connectivity index (χ0) is 10.7. The number of hydrogen-bond donors (Lipinski definition) is 0. The number of furan rings is 1. The molecule has 1 aromatic heterocycles. The highest BCUT2D eigenvalue weighted by Crippen LogP contribution is 2.21. The summed E-state index contributed by atoms with van der Waals surface area (Å²) in [5.41, 5.74) is 0. The van der Waals surface area contributed by atoms with Crippen molar-refractivity contribution in [3.63, 3.8) is 0 Å². The molecule has 1 aliphatic rings. The van der Waals surface area contributed by atoms with E-state index < -0.39 is 0 Å². The monoisotopic (exact) mass is 207 g/mol. The van der Waals surface area contributed by atoms with Crippen molar-refractivity contribution in [2.75, 3.05) is 13.1 Å². The smallest absolute Gasteiger partial charge is 0.289 e. The lowest BCUT2D eigenvalue weighted by Crippen LogP contribution is -2.38. The van der Waals surface area contributed by atoms with E-state index in [4.69, 9.17) is 4.42 Å². The van der Waals surface area contributed by atoms with Crippen LogP contribution < -0.4 is 0 Å². The summed E-state index contributed by atoms with van der Waals surface area (Å²) in [7, 11) is 0. The van der Waals surface area contributed by atoms with Crippen LogP contribution in [0.4, 0.5) is 0 Å². The van der Waals surface area contributed by atoms with E-state index in [2.05, 4.69) is 6.92 Å². The van der Waals surface area contributed by atoms with E-state index in [0.29, 0.717) is 5.76 Å². The van der Waals surface area contributed by atoms with Gasteiger partial charge in [0.15, 0.2) is 5.76 Å². The van der Waals surface area contributed by atoms with Crippen LogP contribution in [-0.2, 0) is 0 Å². The predicted molar refractivity (Wildman–Crippen MR) is 57.6 cm³/mol. The van der Waals surface area contributed by atoms with E-state index in [1.165, 1.54) is 6.42 Å². The van der Waals surface area contributed by atoms with Gasteiger partial charge in [-0.3, -0.25) is 4.79 Å². The van der Waals surface area contributed by atoms with Crippen LogP contribution >= 0.6 is 0 Å². The summed E-state index contributed by atoms with van der Waals surface area (Å²) in [5, 5.41) is 0. The number of likely N-dealkylation sites (tertiary alicyclic amines) is 1. The van der Waals surface area contributed by atoms with E-state index in [-0.39, 0.29) is 5.91 Å². The fraction of sp³-hybridized carbons (Fsp3) is 0.583. The molecule has 0 radical (unpaired) electrons. The van der Waals surface area contributed by atoms with Crippen LogP contribution in [0.5, 0.6) is 0 Å². The zero-order valence-corrected chi connectivity index (χ0v) is 9.11. The molecule has 0 aromatic carbocycles. The van der Waals surface area contributed by atoms with E-state index in [1.807, 2.05) is 4.90 Å². The SMILES string of the molecule is CCC1CCN(C(=O)c2ccco2)CC1. The minimum Gasteiger partial charge on any atom is -0.459 e. The van der Waals surface area contributed by atoms with Crippen LogP contribution in [0.2, 0.25) is 0 Å². The molecule has 0 saturated carbocycles. The van der Waals surface area contributed by atoms with Gasteiger partial charge in [-0.2, -0.15) is 0 Å². The molecule has 3 nitrogen and oxygen atoms in total. The van der Waals surface area contributed by atoms with Gasteiger partial charge in [-0.15, -0.1) is 0 Å². The maximum Gasteiger partial charge on any atom is 0.289 e. The molecule has 15 heavy (non-hydrogen) atoms. The Bertz CT molecular complexity index is 310. The Kier molecular flexibility index (Phi) is 3.09. The molecule has 0 N–H and O–H groups in total. The molecule has 1 saturated heterocycles. The second-order valence-corrected chi connectivity index (χ2v) is 4.12. The van der Waals surface area contributed by atoms with Crippen LogP contribution in [0, 0.1) is 5.92 Å². The van der Waals surface area contributed by atoms with Crippen molar-refractivity contribution in [2.24, 2.45) is 5.92 Å². The fourth-order valence-corrected chi connectivity index (χ4v) is 2.10. The highest BCUT2D eigenvalue weighted by atomic mass is 16.3. The van der Waals surface area contributed by atoms with E-state index in [9.17, 15) is 4.79 Å². The number of carbonyl (C=O) groups excluding carboxylic acids is 1. The van der Waals surface area contributed by atoms with Crippen LogP contribution in [0.3, 0.4) is 0 Å². The number of nitrogens with zero attached hydrogens (tertiary/aromatic N) is 1. The third kappa shape index (κ3) is 2.22. The van der Waals surface area contributed by atoms with E-state index in [1.54, 1.807) is 18.4 Å². The van der Waals surface area contributed by atoms with Crippen molar-refractivity contribution >= 4 is 5.91 Å². The zero-order valence-electron chi connectivity index (χ0n) is 9.11. The van der Waals surface area contributed by atoms with E-state index >= 15 is 0 Å². The first-order valence-electron chi connectivity index (χ1n) is 5.64. The fourth-order valence-electron chi connectivity index (χ4n) is 2.10. The molecular formula is C12H17NO2. The van der Waals surface area contributed by atoms with Crippen molar-refractivity contribution < 1.29 is 9.21 Å². The van der Waals surface area contributed by atoms with Gasteiger partial charge in [0, 0.05) is 13.1 Å². The topological polar surface area (TPSA) is 33.5 Å². The molecule has 2 heterocycles. The van der Waals surface area contributed by atoms with Gasteiger partial charge < -0.3 is 9.32 Å². The summed E-state index contributed by atoms with van der Waals surface area (Å²) in [6, 6.07) is 3.49. The lowest BCUT2D eigenvalue weighted by molar-refractivity contribution is 0.0657. The standard InChI is InChI=1S/C12H17NO2/c1-2-10-5-7-13(8-6-10)12(14)11-4-3-9-15-11/h3-4,9-10H,2,5-8H2,1H3. The Labute approximate surface area is 90.1 Å². The van der Waals surface area contributed by atoms with Gasteiger partial charge in [0.1, 0.15) is 0 Å². The van der Waals surface area contributed by atoms with E-state index in [0.717, 1.165) is 31.8 Å². The van der Waals surface area contributed by atoms with Gasteiger partial charge in [0.05, 0.1) is 6.26 Å². The molecular weight excluding hydrogens is 190 g/mol. The Morgan fingerprint density at radius 2 is 2.27 bits per heavy atom. The first kappa shape index (κ1) is 10.3. The van der Waals surface area contributed by atoms with Crippen LogP contribution in [0.15, 0.2) is 22.8 Å². The highest BCUT2D eigenvalue weighted by Gasteiger charge is 2.23. The highest BCUT2D eigenvalue weighted by molar-refractivity contribution is 5.91. The van der Waals surface area contributed by atoms with Crippen molar-refractivity contribution in [1.29, 1.82) is 0 Å². The molecule has 1 fully saturated rings. The molecule has 2 rings (SSSR count). The van der Waals surface area contributed by atoms with Crippen LogP contribution in [0.1, 0.15) is 36.7 Å². The first-order chi connectivity index (χ1) is 7.31. The van der Waals surface area contributed by atoms with Gasteiger partial charge in [-0.05, 0) is 30.9 Å². The Morgan fingerprint density at radius 3 is 2.80 bits per heavy atom. The van der Waals surface area contributed by atoms with Crippen molar-refractivity contribution in [3.05, 3.63) is 24.2 Å². The molecule has 0 spiro atoms. The summed E-state index contributed by atoms with van der Waals surface area (Å²) in [4.78, 5) is 13.8. The number of amides is 1. The molecule has 3 heteroatoms. The molecule has 0 unspecified atom stereocenters. The molecule has 1 aliphatic heterocycles. The minimum absolute atomic E-state index is 0.0366. The molecule has 1 amide bonds. The average Bonchev–Trinajstić information content (AvgIpc) is 2.82. The lowest BCUT2D eigenvalue weighted by atomic mass is 9.94. The van der Waals surface area contributed by atoms with Gasteiger partial charge in [0.25, 0.3) is 5.91 Å². The first-order valence-corrected chi connectivity index (χ1v) is 5.64. The molecule has 0 bridgehead atoms. The molecule has 0 atom stereocenters. The van der Waals surface area contributed by atoms with Crippen LogP contribution in [0.25, 0.3) is 0 Å². The molecule has 82 valence electrons. The quantitative estimate of drug-likeness (QED) is 0.746. The maximum absolute atomic E-state index is 11.9. The number of rotatable bonds is 2. The van der Waals surface area contributed by atoms with Crippen LogP contribution in [-0.4, -0.2) is 23.9 Å². The largest absolute Gasteiger partial charge is 0.459 e. The Hall–Kier alpha value is -1.25. The summed E-state index contributed by atoms with van der Waals surface area (Å²) >= 11 is 0. The van der Waals surface area contributed by atoms with Crippen molar-refractivity contribution in [3.8, 4) is 0 Å². The van der Waals surface area contributed by atoms with Gasteiger partial charge in [-0.1, -0.05) is 13.3 Å². The van der Waals surface area contributed by atoms with Crippen molar-refractivity contribution in [1.82, 2.24) is 4.90 Å². The predicted octanol–water partition coefficient (Wildman–Crippen LogP) is 2.54. The lowest BCUT2D eigenvalue weighted by Gasteiger charge is -2.30. The summed E-state index contributed by atoms with van der Waals surface area (Å²) < 4.78 is 5.11. The second-order valence-electron chi connectivity index (χ2n) is 4.12. The third-order valence-electron chi connectivity index (χ3n) is 3.21. The Balaban J connectivity index is 1.93. The second kappa shape index (κ2) is 4.51. The molecule has 0 aliphatic carbocycles. The average molecular weight is 207 g/mol. The number of hydrogen-bond acceptors (Lipinski definition) is 2. The Morgan fingerprint density at radius 1 is 1.53 bits per heavy atom. The third-order valence-corrected chi connectivity index (χ3v) is 3.21. The maximum atomic E-state index is 11.9. The summed E-state index contributed by atoms with van der Waals surface area (Å²) in [5.74, 6) is 1.30.